The Hall–Kier alpha value is -1.09. The maximum atomic E-state index is 13.4. The van der Waals surface area contributed by atoms with Crippen LogP contribution in [0.1, 0.15) is 31.5 Å². The summed E-state index contributed by atoms with van der Waals surface area (Å²) in [5.41, 5.74) is 0.654. The Morgan fingerprint density at radius 3 is 2.69 bits per heavy atom. The lowest BCUT2D eigenvalue weighted by molar-refractivity contribution is 0.158. The molecule has 2 nitrogen and oxygen atoms in total. The third kappa shape index (κ3) is 2.73. The zero-order valence-corrected chi connectivity index (χ0v) is 9.58. The largest absolute Gasteiger partial charge is 0.490 e. The summed E-state index contributed by atoms with van der Waals surface area (Å²) < 4.78 is 19.2. The molecule has 1 aliphatic heterocycles. The second-order valence-electron chi connectivity index (χ2n) is 4.22. The van der Waals surface area contributed by atoms with Gasteiger partial charge in [0.15, 0.2) is 0 Å². The van der Waals surface area contributed by atoms with Crippen molar-refractivity contribution in [2.45, 2.75) is 32.0 Å². The fourth-order valence-electron chi connectivity index (χ4n) is 2.01. The van der Waals surface area contributed by atoms with Crippen LogP contribution in [0.3, 0.4) is 0 Å². The molecule has 0 aromatic heterocycles. The highest BCUT2D eigenvalue weighted by Crippen LogP contribution is 2.28. The molecule has 88 valence electrons. The summed E-state index contributed by atoms with van der Waals surface area (Å²) in [4.78, 5) is 0. The minimum absolute atomic E-state index is 0.223. The van der Waals surface area contributed by atoms with Gasteiger partial charge >= 0.3 is 0 Å². The summed E-state index contributed by atoms with van der Waals surface area (Å²) >= 11 is 0. The van der Waals surface area contributed by atoms with E-state index in [9.17, 15) is 4.39 Å². The number of hydrogen-bond donors (Lipinski definition) is 1. The SMILES string of the molecule is CC(F)c1ccccc1OC1CCNCC1. The van der Waals surface area contributed by atoms with E-state index in [-0.39, 0.29) is 6.10 Å². The van der Waals surface area contributed by atoms with Crippen molar-refractivity contribution in [1.82, 2.24) is 5.32 Å². The van der Waals surface area contributed by atoms with Crippen LogP contribution in [0.15, 0.2) is 24.3 Å². The van der Waals surface area contributed by atoms with Crippen LogP contribution in [0, 0.1) is 0 Å². The molecule has 1 fully saturated rings. The lowest BCUT2D eigenvalue weighted by Crippen LogP contribution is -2.34. The predicted molar refractivity (Wildman–Crippen MR) is 62.5 cm³/mol. The molecule has 1 aromatic carbocycles. The number of hydrogen-bond acceptors (Lipinski definition) is 2. The minimum Gasteiger partial charge on any atom is -0.490 e. The van der Waals surface area contributed by atoms with Crippen molar-refractivity contribution < 1.29 is 9.13 Å². The van der Waals surface area contributed by atoms with Gasteiger partial charge in [-0.15, -0.1) is 0 Å². The molecule has 3 heteroatoms. The number of alkyl halides is 1. The summed E-state index contributed by atoms with van der Waals surface area (Å²) in [5.74, 6) is 0.699. The molecule has 0 amide bonds. The number of piperidine rings is 1. The third-order valence-corrected chi connectivity index (χ3v) is 2.93. The first-order chi connectivity index (χ1) is 7.77. The van der Waals surface area contributed by atoms with Crippen molar-refractivity contribution in [2.75, 3.05) is 13.1 Å². The summed E-state index contributed by atoms with van der Waals surface area (Å²) in [7, 11) is 0. The van der Waals surface area contributed by atoms with Crippen LogP contribution in [-0.2, 0) is 0 Å². The van der Waals surface area contributed by atoms with Gasteiger partial charge in [0, 0.05) is 5.56 Å². The molecule has 2 rings (SSSR count). The van der Waals surface area contributed by atoms with E-state index in [1.807, 2.05) is 18.2 Å². The van der Waals surface area contributed by atoms with Gasteiger partial charge in [0.1, 0.15) is 18.0 Å². The number of halogens is 1. The molecule has 1 atom stereocenters. The molecular formula is C13H18FNO. The lowest BCUT2D eigenvalue weighted by Gasteiger charge is -2.25. The van der Waals surface area contributed by atoms with E-state index in [0.717, 1.165) is 25.9 Å². The zero-order chi connectivity index (χ0) is 11.4. The molecule has 0 bridgehead atoms. The fourth-order valence-corrected chi connectivity index (χ4v) is 2.01. The maximum absolute atomic E-state index is 13.4. The molecule has 1 N–H and O–H groups in total. The number of ether oxygens (including phenoxy) is 1. The van der Waals surface area contributed by atoms with E-state index >= 15 is 0 Å². The lowest BCUT2D eigenvalue weighted by atomic mass is 10.1. The maximum Gasteiger partial charge on any atom is 0.126 e. The second kappa shape index (κ2) is 5.30. The van der Waals surface area contributed by atoms with Gasteiger partial charge in [0.05, 0.1) is 0 Å². The predicted octanol–water partition coefficient (Wildman–Crippen LogP) is 2.85. The highest BCUT2D eigenvalue weighted by Gasteiger charge is 2.17. The Kier molecular flexibility index (Phi) is 3.78. The van der Waals surface area contributed by atoms with Crippen LogP contribution in [-0.4, -0.2) is 19.2 Å². The van der Waals surface area contributed by atoms with Crippen LogP contribution in [0.25, 0.3) is 0 Å². The van der Waals surface area contributed by atoms with Crippen LogP contribution >= 0.6 is 0 Å². The molecular weight excluding hydrogens is 205 g/mol. The molecule has 1 unspecified atom stereocenters. The van der Waals surface area contributed by atoms with Gasteiger partial charge in [0.25, 0.3) is 0 Å². The van der Waals surface area contributed by atoms with Gasteiger partial charge in [-0.25, -0.2) is 4.39 Å². The Balaban J connectivity index is 2.07. The van der Waals surface area contributed by atoms with Crippen LogP contribution in [0.4, 0.5) is 4.39 Å². The van der Waals surface area contributed by atoms with Crippen molar-refractivity contribution >= 4 is 0 Å². The molecule has 1 aromatic rings. The van der Waals surface area contributed by atoms with Gasteiger partial charge < -0.3 is 10.1 Å². The highest BCUT2D eigenvalue weighted by atomic mass is 19.1. The topological polar surface area (TPSA) is 21.3 Å². The third-order valence-electron chi connectivity index (χ3n) is 2.93. The molecule has 0 saturated carbocycles. The van der Waals surface area contributed by atoms with Gasteiger partial charge in [-0.1, -0.05) is 18.2 Å². The minimum atomic E-state index is -0.974. The average molecular weight is 223 g/mol. The van der Waals surface area contributed by atoms with Gasteiger partial charge in [-0.05, 0) is 38.9 Å². The van der Waals surface area contributed by atoms with E-state index in [1.165, 1.54) is 0 Å². The Bertz CT molecular complexity index is 334. The second-order valence-corrected chi connectivity index (χ2v) is 4.22. The quantitative estimate of drug-likeness (QED) is 0.850. The van der Waals surface area contributed by atoms with E-state index in [0.29, 0.717) is 11.3 Å². The summed E-state index contributed by atoms with van der Waals surface area (Å²) in [5, 5.41) is 3.28. The number of para-hydroxylation sites is 1. The van der Waals surface area contributed by atoms with E-state index in [1.54, 1.807) is 13.0 Å². The number of benzene rings is 1. The standard InChI is InChI=1S/C13H18FNO/c1-10(14)12-4-2-3-5-13(12)16-11-6-8-15-9-7-11/h2-5,10-11,15H,6-9H2,1H3. The molecule has 0 spiro atoms. The molecule has 16 heavy (non-hydrogen) atoms. The van der Waals surface area contributed by atoms with Crippen molar-refractivity contribution in [3.8, 4) is 5.75 Å². The monoisotopic (exact) mass is 223 g/mol. The molecule has 1 saturated heterocycles. The summed E-state index contributed by atoms with van der Waals surface area (Å²) in [6.45, 7) is 3.51. The van der Waals surface area contributed by atoms with Crippen LogP contribution < -0.4 is 10.1 Å². The Morgan fingerprint density at radius 1 is 1.31 bits per heavy atom. The molecule has 0 aliphatic carbocycles. The molecule has 0 radical (unpaired) electrons. The summed E-state index contributed by atoms with van der Waals surface area (Å²) in [6, 6.07) is 7.39. The van der Waals surface area contributed by atoms with E-state index in [4.69, 9.17) is 4.74 Å². The van der Waals surface area contributed by atoms with Crippen molar-refractivity contribution in [3.63, 3.8) is 0 Å². The number of rotatable bonds is 3. The smallest absolute Gasteiger partial charge is 0.126 e. The van der Waals surface area contributed by atoms with Crippen molar-refractivity contribution in [2.24, 2.45) is 0 Å². The van der Waals surface area contributed by atoms with Crippen LogP contribution in [0.5, 0.6) is 5.75 Å². The van der Waals surface area contributed by atoms with E-state index in [2.05, 4.69) is 5.32 Å². The summed E-state index contributed by atoms with van der Waals surface area (Å²) in [6.07, 6.45) is 1.24. The highest BCUT2D eigenvalue weighted by molar-refractivity contribution is 5.35. The first-order valence-corrected chi connectivity index (χ1v) is 5.88. The van der Waals surface area contributed by atoms with Gasteiger partial charge in [-0.2, -0.15) is 0 Å². The number of nitrogens with one attached hydrogen (secondary N) is 1. The zero-order valence-electron chi connectivity index (χ0n) is 9.58. The molecule has 1 aliphatic rings. The molecule has 1 heterocycles. The fraction of sp³-hybridized carbons (Fsp3) is 0.538. The van der Waals surface area contributed by atoms with Crippen molar-refractivity contribution in [3.05, 3.63) is 29.8 Å². The Morgan fingerprint density at radius 2 is 2.00 bits per heavy atom. The van der Waals surface area contributed by atoms with Crippen LogP contribution in [0.2, 0.25) is 0 Å². The van der Waals surface area contributed by atoms with E-state index < -0.39 is 6.17 Å². The van der Waals surface area contributed by atoms with Gasteiger partial charge in [-0.3, -0.25) is 0 Å². The normalized spacial score (nSPS) is 19.4. The van der Waals surface area contributed by atoms with Gasteiger partial charge in [0.2, 0.25) is 0 Å². The Labute approximate surface area is 95.8 Å². The first kappa shape index (κ1) is 11.4. The van der Waals surface area contributed by atoms with Crippen molar-refractivity contribution in [1.29, 1.82) is 0 Å². The first-order valence-electron chi connectivity index (χ1n) is 5.88. The average Bonchev–Trinajstić information content (AvgIpc) is 2.31.